The topological polar surface area (TPSA) is 55.8 Å². The molecule has 5 heteroatoms. The summed E-state index contributed by atoms with van der Waals surface area (Å²) in [7, 11) is 1.68. The Morgan fingerprint density at radius 2 is 2.14 bits per heavy atom. The Kier molecular flexibility index (Phi) is 5.04. The molecule has 0 spiro atoms. The molecule has 1 N–H and O–H groups in total. The van der Waals surface area contributed by atoms with Gasteiger partial charge in [0.2, 0.25) is 0 Å². The molecule has 0 radical (unpaired) electrons. The fraction of sp³-hybridized carbons (Fsp3) is 0.435. The van der Waals surface area contributed by atoms with E-state index in [2.05, 4.69) is 38.1 Å². The second-order valence-electron chi connectivity index (χ2n) is 8.20. The molecule has 2 aromatic carbocycles. The van der Waals surface area contributed by atoms with Gasteiger partial charge in [-0.25, -0.2) is 0 Å². The number of methoxy groups -OCH3 is 1. The molecule has 0 aromatic heterocycles. The van der Waals surface area contributed by atoms with E-state index in [1.165, 1.54) is 27.1 Å². The van der Waals surface area contributed by atoms with Gasteiger partial charge in [0, 0.05) is 28.6 Å². The first-order chi connectivity index (χ1) is 13.4. The minimum Gasteiger partial charge on any atom is -0.493 e. The number of aryl methyl sites for hydroxylation is 1. The van der Waals surface area contributed by atoms with Gasteiger partial charge in [-0.15, -0.1) is 11.8 Å². The number of carboxylic acids is 1. The van der Waals surface area contributed by atoms with E-state index in [0.717, 1.165) is 37.2 Å². The van der Waals surface area contributed by atoms with Crippen molar-refractivity contribution >= 4 is 17.7 Å². The second-order valence-corrected chi connectivity index (χ2v) is 9.54. The Balaban J connectivity index is 1.63. The number of ether oxygens (including phenoxy) is 2. The van der Waals surface area contributed by atoms with Crippen LogP contribution < -0.4 is 9.47 Å². The molecule has 148 valence electrons. The normalized spacial score (nSPS) is 19.5. The molecule has 0 bridgehead atoms. The zero-order valence-corrected chi connectivity index (χ0v) is 17.4. The van der Waals surface area contributed by atoms with E-state index in [-0.39, 0.29) is 12.0 Å². The van der Waals surface area contributed by atoms with Gasteiger partial charge in [0.1, 0.15) is 5.60 Å². The number of rotatable bonds is 5. The number of hydrogen-bond donors (Lipinski definition) is 1. The molecule has 4 nitrogen and oxygen atoms in total. The summed E-state index contributed by atoms with van der Waals surface area (Å²) in [6, 6.07) is 10.8. The van der Waals surface area contributed by atoms with Crippen LogP contribution in [0, 0.1) is 0 Å². The van der Waals surface area contributed by atoms with Crippen molar-refractivity contribution in [3.8, 4) is 22.6 Å². The SMILES string of the molecule is COc1ccc(-c2ccc3c(c2)CCC(CCC(=O)O)S3)c2c1OC(C)(C)C2. The summed E-state index contributed by atoms with van der Waals surface area (Å²) in [5.74, 6) is 0.949. The van der Waals surface area contributed by atoms with E-state index in [4.69, 9.17) is 14.6 Å². The van der Waals surface area contributed by atoms with Crippen molar-refractivity contribution < 1.29 is 19.4 Å². The van der Waals surface area contributed by atoms with Crippen LogP contribution in [-0.2, 0) is 17.6 Å². The summed E-state index contributed by atoms with van der Waals surface area (Å²) in [5.41, 5.74) is 4.77. The summed E-state index contributed by atoms with van der Waals surface area (Å²) in [5, 5.41) is 9.32. The maximum absolute atomic E-state index is 10.8. The van der Waals surface area contributed by atoms with Gasteiger partial charge in [-0.2, -0.15) is 0 Å². The van der Waals surface area contributed by atoms with E-state index in [0.29, 0.717) is 5.25 Å². The third kappa shape index (κ3) is 3.72. The lowest BCUT2D eigenvalue weighted by molar-refractivity contribution is -0.137. The molecule has 0 fully saturated rings. The van der Waals surface area contributed by atoms with Crippen LogP contribution in [0.1, 0.15) is 44.2 Å². The van der Waals surface area contributed by atoms with Gasteiger partial charge in [-0.1, -0.05) is 18.2 Å². The minimum atomic E-state index is -0.708. The Labute approximate surface area is 170 Å². The number of benzene rings is 2. The van der Waals surface area contributed by atoms with Crippen molar-refractivity contribution in [2.24, 2.45) is 0 Å². The second kappa shape index (κ2) is 7.36. The van der Waals surface area contributed by atoms with Gasteiger partial charge in [0.25, 0.3) is 0 Å². The smallest absolute Gasteiger partial charge is 0.303 e. The molecular weight excluding hydrogens is 372 g/mol. The van der Waals surface area contributed by atoms with E-state index >= 15 is 0 Å². The van der Waals surface area contributed by atoms with Crippen molar-refractivity contribution in [1.29, 1.82) is 0 Å². The van der Waals surface area contributed by atoms with Crippen LogP contribution in [0.5, 0.6) is 11.5 Å². The van der Waals surface area contributed by atoms with Crippen LogP contribution in [-0.4, -0.2) is 29.0 Å². The van der Waals surface area contributed by atoms with Crippen LogP contribution in [0.4, 0.5) is 0 Å². The monoisotopic (exact) mass is 398 g/mol. The van der Waals surface area contributed by atoms with Crippen LogP contribution in [0.2, 0.25) is 0 Å². The highest BCUT2D eigenvalue weighted by Crippen LogP contribution is 2.47. The quantitative estimate of drug-likeness (QED) is 0.736. The van der Waals surface area contributed by atoms with Gasteiger partial charge in [0.05, 0.1) is 7.11 Å². The first kappa shape index (κ1) is 19.2. The predicted octanol–water partition coefficient (Wildman–Crippen LogP) is 5.35. The van der Waals surface area contributed by atoms with Gasteiger partial charge >= 0.3 is 5.97 Å². The Morgan fingerprint density at radius 1 is 1.32 bits per heavy atom. The molecule has 28 heavy (non-hydrogen) atoms. The maximum Gasteiger partial charge on any atom is 0.303 e. The minimum absolute atomic E-state index is 0.229. The van der Waals surface area contributed by atoms with Crippen LogP contribution in [0.15, 0.2) is 35.2 Å². The average molecular weight is 399 g/mol. The van der Waals surface area contributed by atoms with E-state index < -0.39 is 5.97 Å². The maximum atomic E-state index is 10.8. The van der Waals surface area contributed by atoms with Gasteiger partial charge < -0.3 is 14.6 Å². The number of fused-ring (bicyclic) bond motifs is 2. The molecule has 2 heterocycles. The molecule has 4 rings (SSSR count). The van der Waals surface area contributed by atoms with Crippen molar-refractivity contribution in [3.05, 3.63) is 41.5 Å². The van der Waals surface area contributed by atoms with Gasteiger partial charge in [-0.3, -0.25) is 4.79 Å². The summed E-state index contributed by atoms with van der Waals surface area (Å²) < 4.78 is 11.7. The number of carboxylic acid groups (broad SMARTS) is 1. The van der Waals surface area contributed by atoms with Gasteiger partial charge in [0.15, 0.2) is 11.5 Å². The first-order valence-corrected chi connectivity index (χ1v) is 10.6. The Morgan fingerprint density at radius 3 is 2.89 bits per heavy atom. The zero-order valence-electron chi connectivity index (χ0n) is 16.6. The van der Waals surface area contributed by atoms with Crippen LogP contribution in [0.3, 0.4) is 0 Å². The Hall–Kier alpha value is -2.14. The van der Waals surface area contributed by atoms with E-state index in [1.54, 1.807) is 7.11 Å². The van der Waals surface area contributed by atoms with Gasteiger partial charge in [-0.05, 0) is 61.9 Å². The average Bonchev–Trinajstić information content (AvgIpc) is 2.99. The summed E-state index contributed by atoms with van der Waals surface area (Å²) in [4.78, 5) is 12.1. The van der Waals surface area contributed by atoms with E-state index in [9.17, 15) is 4.79 Å². The fourth-order valence-corrected chi connectivity index (χ4v) is 5.45. The van der Waals surface area contributed by atoms with Crippen LogP contribution >= 0.6 is 11.8 Å². The molecule has 2 aliphatic rings. The van der Waals surface area contributed by atoms with Crippen molar-refractivity contribution in [2.75, 3.05) is 7.11 Å². The zero-order chi connectivity index (χ0) is 19.9. The molecule has 0 amide bonds. The highest BCUT2D eigenvalue weighted by molar-refractivity contribution is 8.00. The lowest BCUT2D eigenvalue weighted by Crippen LogP contribution is -2.24. The molecule has 2 aromatic rings. The first-order valence-electron chi connectivity index (χ1n) is 9.77. The van der Waals surface area contributed by atoms with E-state index in [1.807, 2.05) is 17.8 Å². The standard InChI is InChI=1S/C23H26O4S/c1-23(2)13-18-17(8-9-19(26-3)22(18)27-23)14-5-10-20-15(12-14)4-6-16(28-20)7-11-21(24)25/h5,8-10,12,16H,4,6-7,11,13H2,1-3H3,(H,24,25). The summed E-state index contributed by atoms with van der Waals surface area (Å²) in [6.45, 7) is 4.22. The molecule has 0 aliphatic carbocycles. The third-order valence-electron chi connectivity index (χ3n) is 5.51. The summed E-state index contributed by atoms with van der Waals surface area (Å²) in [6.07, 6.45) is 3.88. The largest absolute Gasteiger partial charge is 0.493 e. The lowest BCUT2D eigenvalue weighted by Gasteiger charge is -2.24. The molecule has 0 saturated carbocycles. The molecule has 2 aliphatic heterocycles. The number of carbonyl (C=O) groups is 1. The predicted molar refractivity (Wildman–Crippen MR) is 112 cm³/mol. The molecular formula is C23H26O4S. The van der Waals surface area contributed by atoms with Crippen LogP contribution in [0.25, 0.3) is 11.1 Å². The van der Waals surface area contributed by atoms with Crippen molar-refractivity contribution in [2.45, 2.75) is 61.7 Å². The van der Waals surface area contributed by atoms with Crippen molar-refractivity contribution in [1.82, 2.24) is 0 Å². The molecule has 1 atom stereocenters. The number of thioether (sulfide) groups is 1. The van der Waals surface area contributed by atoms with Crippen molar-refractivity contribution in [3.63, 3.8) is 0 Å². The highest BCUT2D eigenvalue weighted by Gasteiger charge is 2.34. The fourth-order valence-electron chi connectivity index (χ4n) is 4.16. The number of hydrogen-bond acceptors (Lipinski definition) is 4. The lowest BCUT2D eigenvalue weighted by atomic mass is 9.91. The Bertz CT molecular complexity index is 919. The summed E-state index contributed by atoms with van der Waals surface area (Å²) >= 11 is 1.83. The highest BCUT2D eigenvalue weighted by atomic mass is 32.2. The third-order valence-corrected chi connectivity index (χ3v) is 6.96. The number of aliphatic carboxylic acids is 1. The molecule has 0 saturated heterocycles. The molecule has 1 unspecified atom stereocenters.